The summed E-state index contributed by atoms with van der Waals surface area (Å²) >= 11 is 0. The van der Waals surface area contributed by atoms with Crippen molar-refractivity contribution in [3.63, 3.8) is 0 Å². The highest BCUT2D eigenvalue weighted by molar-refractivity contribution is 5.89. The maximum atomic E-state index is 11.8. The lowest BCUT2D eigenvalue weighted by atomic mass is 10.0. The summed E-state index contributed by atoms with van der Waals surface area (Å²) in [6.07, 6.45) is -0.103. The van der Waals surface area contributed by atoms with Crippen LogP contribution in [0, 0.1) is 5.92 Å². The number of methoxy groups -OCH3 is 1. The number of anilines is 1. The smallest absolute Gasteiger partial charge is 0.319 e. The Bertz CT molecular complexity index is 457. The summed E-state index contributed by atoms with van der Waals surface area (Å²) in [5.74, 6) is -0.206. The zero-order valence-electron chi connectivity index (χ0n) is 11.8. The van der Waals surface area contributed by atoms with Crippen LogP contribution in [-0.4, -0.2) is 30.3 Å². The van der Waals surface area contributed by atoms with Gasteiger partial charge in [-0.3, -0.25) is 4.79 Å². The van der Waals surface area contributed by atoms with Gasteiger partial charge in [0.25, 0.3) is 0 Å². The number of rotatable bonds is 6. The Morgan fingerprint density at radius 1 is 1.25 bits per heavy atom. The van der Waals surface area contributed by atoms with Crippen molar-refractivity contribution < 1.29 is 19.4 Å². The van der Waals surface area contributed by atoms with Crippen LogP contribution in [-0.2, 0) is 4.79 Å². The van der Waals surface area contributed by atoms with Crippen LogP contribution in [0.3, 0.4) is 0 Å². The standard InChI is InChI=1S/C14H20N2O4/c1-9(2)12(8-13(17)18)16-14(19)15-10-4-6-11(20-3)7-5-10/h4-7,9,12H,8H2,1-3H3,(H,17,18)(H2,15,16,19). The fraction of sp³-hybridized carbons (Fsp3) is 0.429. The number of carboxylic acids is 1. The van der Waals surface area contributed by atoms with E-state index in [-0.39, 0.29) is 12.3 Å². The summed E-state index contributed by atoms with van der Waals surface area (Å²) in [6, 6.07) is 6.04. The number of urea groups is 1. The number of ether oxygens (including phenoxy) is 1. The number of benzene rings is 1. The molecule has 3 N–H and O–H groups in total. The first-order valence-corrected chi connectivity index (χ1v) is 6.35. The van der Waals surface area contributed by atoms with E-state index >= 15 is 0 Å². The maximum Gasteiger partial charge on any atom is 0.319 e. The summed E-state index contributed by atoms with van der Waals surface area (Å²) in [7, 11) is 1.56. The number of aliphatic carboxylic acids is 1. The van der Waals surface area contributed by atoms with Gasteiger partial charge < -0.3 is 20.5 Å². The molecule has 1 unspecified atom stereocenters. The van der Waals surface area contributed by atoms with E-state index < -0.39 is 18.0 Å². The van der Waals surface area contributed by atoms with Crippen molar-refractivity contribution in [3.8, 4) is 5.75 Å². The Labute approximate surface area is 118 Å². The van der Waals surface area contributed by atoms with Gasteiger partial charge in [0.2, 0.25) is 0 Å². The third-order valence-corrected chi connectivity index (χ3v) is 2.86. The molecule has 0 heterocycles. The molecule has 1 aromatic rings. The number of hydrogen-bond acceptors (Lipinski definition) is 3. The molecular formula is C14H20N2O4. The quantitative estimate of drug-likeness (QED) is 0.746. The Morgan fingerprint density at radius 2 is 1.85 bits per heavy atom. The third kappa shape index (κ3) is 5.17. The molecule has 6 heteroatoms. The van der Waals surface area contributed by atoms with Gasteiger partial charge in [0, 0.05) is 11.7 Å². The lowest BCUT2D eigenvalue weighted by Crippen LogP contribution is -2.42. The molecule has 0 aliphatic carbocycles. The summed E-state index contributed by atoms with van der Waals surface area (Å²) in [6.45, 7) is 3.72. The first kappa shape index (κ1) is 15.8. The van der Waals surface area contributed by atoms with Gasteiger partial charge >= 0.3 is 12.0 Å². The van der Waals surface area contributed by atoms with Gasteiger partial charge in [-0.15, -0.1) is 0 Å². The highest BCUT2D eigenvalue weighted by atomic mass is 16.5. The average molecular weight is 280 g/mol. The molecule has 0 radical (unpaired) electrons. The highest BCUT2D eigenvalue weighted by Gasteiger charge is 2.19. The molecule has 6 nitrogen and oxygen atoms in total. The minimum atomic E-state index is -0.937. The predicted molar refractivity (Wildman–Crippen MR) is 76.0 cm³/mol. The van der Waals surface area contributed by atoms with Crippen LogP contribution in [0.15, 0.2) is 24.3 Å². The maximum absolute atomic E-state index is 11.8. The molecule has 1 atom stereocenters. The molecule has 1 rings (SSSR count). The van der Waals surface area contributed by atoms with Gasteiger partial charge in [-0.25, -0.2) is 4.79 Å². The van der Waals surface area contributed by atoms with Crippen LogP contribution < -0.4 is 15.4 Å². The van der Waals surface area contributed by atoms with Gasteiger partial charge in [-0.2, -0.15) is 0 Å². The minimum absolute atomic E-state index is 0.0349. The van der Waals surface area contributed by atoms with Crippen LogP contribution in [0.5, 0.6) is 5.75 Å². The first-order valence-electron chi connectivity index (χ1n) is 6.35. The second kappa shape index (κ2) is 7.37. The molecule has 1 aromatic carbocycles. The number of carbonyl (C=O) groups excluding carboxylic acids is 1. The Hall–Kier alpha value is -2.24. The first-order chi connectivity index (χ1) is 9.42. The van der Waals surface area contributed by atoms with Crippen molar-refractivity contribution >= 4 is 17.7 Å². The summed E-state index contributed by atoms with van der Waals surface area (Å²) in [5, 5.41) is 14.1. The number of hydrogen-bond donors (Lipinski definition) is 3. The lowest BCUT2D eigenvalue weighted by Gasteiger charge is -2.20. The summed E-state index contributed by atoms with van der Waals surface area (Å²) < 4.78 is 5.02. The molecule has 2 amide bonds. The van der Waals surface area contributed by atoms with Crippen LogP contribution in [0.1, 0.15) is 20.3 Å². The van der Waals surface area contributed by atoms with Crippen molar-refractivity contribution in [1.82, 2.24) is 5.32 Å². The molecule has 110 valence electrons. The van der Waals surface area contributed by atoms with Crippen molar-refractivity contribution in [2.75, 3.05) is 12.4 Å². The van der Waals surface area contributed by atoms with Crippen molar-refractivity contribution in [2.24, 2.45) is 5.92 Å². The van der Waals surface area contributed by atoms with E-state index in [1.54, 1.807) is 31.4 Å². The Kier molecular flexibility index (Phi) is 5.83. The monoisotopic (exact) mass is 280 g/mol. The molecule has 0 aliphatic rings. The van der Waals surface area contributed by atoms with E-state index in [2.05, 4.69) is 10.6 Å². The fourth-order valence-electron chi connectivity index (χ4n) is 1.65. The van der Waals surface area contributed by atoms with Gasteiger partial charge in [-0.05, 0) is 30.2 Å². The van der Waals surface area contributed by atoms with Gasteiger partial charge in [0.1, 0.15) is 5.75 Å². The zero-order valence-corrected chi connectivity index (χ0v) is 11.8. The zero-order chi connectivity index (χ0) is 15.1. The van der Waals surface area contributed by atoms with E-state index in [4.69, 9.17) is 9.84 Å². The normalized spacial score (nSPS) is 11.8. The topological polar surface area (TPSA) is 87.7 Å². The van der Waals surface area contributed by atoms with Crippen molar-refractivity contribution in [1.29, 1.82) is 0 Å². The third-order valence-electron chi connectivity index (χ3n) is 2.86. The van der Waals surface area contributed by atoms with Crippen LogP contribution in [0.4, 0.5) is 10.5 Å². The van der Waals surface area contributed by atoms with Crippen LogP contribution in [0.2, 0.25) is 0 Å². The van der Waals surface area contributed by atoms with E-state index in [0.717, 1.165) is 0 Å². The Morgan fingerprint density at radius 3 is 2.30 bits per heavy atom. The molecule has 0 spiro atoms. The second-order valence-corrected chi connectivity index (χ2v) is 4.78. The number of carbonyl (C=O) groups is 2. The van der Waals surface area contributed by atoms with Gasteiger partial charge in [-0.1, -0.05) is 13.8 Å². The van der Waals surface area contributed by atoms with Crippen LogP contribution in [0.25, 0.3) is 0 Å². The molecule has 20 heavy (non-hydrogen) atoms. The van der Waals surface area contributed by atoms with Gasteiger partial charge in [0.05, 0.1) is 13.5 Å². The lowest BCUT2D eigenvalue weighted by molar-refractivity contribution is -0.137. The summed E-state index contributed by atoms with van der Waals surface area (Å²) in [5.41, 5.74) is 0.612. The highest BCUT2D eigenvalue weighted by Crippen LogP contribution is 2.15. The molecule has 0 fully saturated rings. The number of carboxylic acid groups (broad SMARTS) is 1. The molecule has 0 aromatic heterocycles. The van der Waals surface area contributed by atoms with E-state index in [0.29, 0.717) is 11.4 Å². The van der Waals surface area contributed by atoms with Crippen molar-refractivity contribution in [3.05, 3.63) is 24.3 Å². The second-order valence-electron chi connectivity index (χ2n) is 4.78. The van der Waals surface area contributed by atoms with E-state index in [1.807, 2.05) is 13.8 Å². The minimum Gasteiger partial charge on any atom is -0.497 e. The van der Waals surface area contributed by atoms with E-state index in [1.165, 1.54) is 0 Å². The molecule has 0 saturated heterocycles. The number of nitrogens with one attached hydrogen (secondary N) is 2. The van der Waals surface area contributed by atoms with Crippen LogP contribution >= 0.6 is 0 Å². The SMILES string of the molecule is COc1ccc(NC(=O)NC(CC(=O)O)C(C)C)cc1. The predicted octanol–water partition coefficient (Wildman–Crippen LogP) is 2.32. The molecule has 0 saturated carbocycles. The average Bonchev–Trinajstić information content (AvgIpc) is 2.38. The largest absolute Gasteiger partial charge is 0.497 e. The molecule has 0 aliphatic heterocycles. The van der Waals surface area contributed by atoms with E-state index in [9.17, 15) is 9.59 Å². The fourth-order valence-corrected chi connectivity index (χ4v) is 1.65. The van der Waals surface area contributed by atoms with Crippen molar-refractivity contribution in [2.45, 2.75) is 26.3 Å². The molecule has 0 bridgehead atoms. The Balaban J connectivity index is 2.58. The number of amides is 2. The molecular weight excluding hydrogens is 260 g/mol. The summed E-state index contributed by atoms with van der Waals surface area (Å²) in [4.78, 5) is 22.6. The van der Waals surface area contributed by atoms with Gasteiger partial charge in [0.15, 0.2) is 0 Å².